The average Bonchev–Trinajstić information content (AvgIpc) is 3.18. The van der Waals surface area contributed by atoms with Gasteiger partial charge in [-0.1, -0.05) is 42.5 Å². The first-order valence-corrected chi connectivity index (χ1v) is 11.5. The van der Waals surface area contributed by atoms with Crippen molar-refractivity contribution < 1.29 is 9.53 Å². The van der Waals surface area contributed by atoms with Crippen molar-refractivity contribution in [1.82, 2.24) is 14.9 Å². The summed E-state index contributed by atoms with van der Waals surface area (Å²) in [6.07, 6.45) is 1.89. The number of aryl methyl sites for hydroxylation is 3. The minimum atomic E-state index is -0.215. The van der Waals surface area contributed by atoms with E-state index in [1.165, 1.54) is 5.56 Å². The molecule has 0 aliphatic heterocycles. The molecule has 0 saturated carbocycles. The van der Waals surface area contributed by atoms with E-state index in [-0.39, 0.29) is 11.9 Å². The van der Waals surface area contributed by atoms with Crippen LogP contribution in [0.3, 0.4) is 0 Å². The molecule has 0 aliphatic carbocycles. The van der Waals surface area contributed by atoms with E-state index >= 15 is 0 Å². The fourth-order valence-corrected chi connectivity index (χ4v) is 4.09. The molecule has 1 heterocycles. The Morgan fingerprint density at radius 1 is 1.00 bits per heavy atom. The number of aromatic nitrogens is 2. The standard InChI is InChI=1S/C28H31N3O2/c1-20-11-10-13-23(19-20)33-18-9-8-17-31-26-16-7-6-15-25(26)30-27(31)22(3)29-28(32)24-14-5-4-12-21(24)2/h4-7,10-16,19,22H,8-9,17-18H2,1-3H3,(H,29,32). The second-order valence-corrected chi connectivity index (χ2v) is 8.49. The van der Waals surface area contributed by atoms with Crippen LogP contribution in [0, 0.1) is 13.8 Å². The van der Waals surface area contributed by atoms with E-state index in [0.29, 0.717) is 12.2 Å². The lowest BCUT2D eigenvalue weighted by atomic mass is 10.1. The van der Waals surface area contributed by atoms with Crippen LogP contribution in [0.1, 0.15) is 53.1 Å². The van der Waals surface area contributed by atoms with E-state index in [0.717, 1.165) is 47.6 Å². The van der Waals surface area contributed by atoms with Gasteiger partial charge in [0.25, 0.3) is 5.91 Å². The summed E-state index contributed by atoms with van der Waals surface area (Å²) in [4.78, 5) is 17.7. The van der Waals surface area contributed by atoms with Crippen molar-refractivity contribution in [3.63, 3.8) is 0 Å². The van der Waals surface area contributed by atoms with Crippen molar-refractivity contribution in [2.24, 2.45) is 0 Å². The molecule has 0 fully saturated rings. The molecule has 0 aliphatic rings. The summed E-state index contributed by atoms with van der Waals surface area (Å²) in [6.45, 7) is 7.50. The maximum Gasteiger partial charge on any atom is 0.252 e. The van der Waals surface area contributed by atoms with Gasteiger partial charge < -0.3 is 14.6 Å². The molecular weight excluding hydrogens is 410 g/mol. The van der Waals surface area contributed by atoms with E-state index in [9.17, 15) is 4.79 Å². The molecule has 1 atom stereocenters. The summed E-state index contributed by atoms with van der Waals surface area (Å²) in [5.74, 6) is 1.71. The Bertz CT molecular complexity index is 1240. The highest BCUT2D eigenvalue weighted by atomic mass is 16.5. The predicted molar refractivity (Wildman–Crippen MR) is 133 cm³/mol. The lowest BCUT2D eigenvalue weighted by Gasteiger charge is -2.17. The van der Waals surface area contributed by atoms with Gasteiger partial charge in [0.15, 0.2) is 0 Å². The van der Waals surface area contributed by atoms with Crippen LogP contribution in [-0.4, -0.2) is 22.1 Å². The van der Waals surface area contributed by atoms with E-state index in [1.807, 2.05) is 68.4 Å². The van der Waals surface area contributed by atoms with Gasteiger partial charge in [0.1, 0.15) is 11.6 Å². The zero-order chi connectivity index (χ0) is 23.2. The van der Waals surface area contributed by atoms with Crippen LogP contribution in [0.25, 0.3) is 11.0 Å². The number of carbonyl (C=O) groups is 1. The van der Waals surface area contributed by atoms with Gasteiger partial charge >= 0.3 is 0 Å². The van der Waals surface area contributed by atoms with Crippen molar-refractivity contribution in [3.8, 4) is 5.75 Å². The highest BCUT2D eigenvalue weighted by Crippen LogP contribution is 2.22. The third-order valence-corrected chi connectivity index (χ3v) is 5.84. The second-order valence-electron chi connectivity index (χ2n) is 8.49. The monoisotopic (exact) mass is 441 g/mol. The molecule has 5 nitrogen and oxygen atoms in total. The highest BCUT2D eigenvalue weighted by molar-refractivity contribution is 5.95. The van der Waals surface area contributed by atoms with Gasteiger partial charge in [0.05, 0.1) is 23.7 Å². The number of hydrogen-bond acceptors (Lipinski definition) is 3. The molecule has 4 rings (SSSR count). The van der Waals surface area contributed by atoms with Crippen molar-refractivity contribution in [2.45, 2.75) is 46.2 Å². The Labute approximate surface area is 195 Å². The summed E-state index contributed by atoms with van der Waals surface area (Å²) in [6, 6.07) is 23.7. The second kappa shape index (κ2) is 10.3. The molecule has 0 saturated heterocycles. The average molecular weight is 442 g/mol. The SMILES string of the molecule is Cc1cccc(OCCCCn2c(C(C)NC(=O)c3ccccc3C)nc3ccccc32)c1. The first-order valence-electron chi connectivity index (χ1n) is 11.5. The lowest BCUT2D eigenvalue weighted by molar-refractivity contribution is 0.0937. The zero-order valence-corrected chi connectivity index (χ0v) is 19.5. The molecule has 4 aromatic rings. The summed E-state index contributed by atoms with van der Waals surface area (Å²) in [5, 5.41) is 3.14. The van der Waals surface area contributed by atoms with Crippen LogP contribution in [0.4, 0.5) is 0 Å². The fourth-order valence-electron chi connectivity index (χ4n) is 4.09. The largest absolute Gasteiger partial charge is 0.494 e. The van der Waals surface area contributed by atoms with Crippen molar-refractivity contribution in [1.29, 1.82) is 0 Å². The molecular formula is C28H31N3O2. The van der Waals surface area contributed by atoms with E-state index in [2.05, 4.69) is 35.0 Å². The molecule has 5 heteroatoms. The number of imidazole rings is 1. The highest BCUT2D eigenvalue weighted by Gasteiger charge is 2.19. The molecule has 1 aromatic heterocycles. The first-order chi connectivity index (χ1) is 16.0. The van der Waals surface area contributed by atoms with E-state index < -0.39 is 0 Å². The molecule has 33 heavy (non-hydrogen) atoms. The first kappa shape index (κ1) is 22.6. The van der Waals surface area contributed by atoms with E-state index in [1.54, 1.807) is 0 Å². The number of para-hydroxylation sites is 2. The summed E-state index contributed by atoms with van der Waals surface area (Å²) in [7, 11) is 0. The summed E-state index contributed by atoms with van der Waals surface area (Å²) in [5.41, 5.74) is 4.89. The number of ether oxygens (including phenoxy) is 1. The van der Waals surface area contributed by atoms with Gasteiger partial charge in [-0.2, -0.15) is 0 Å². The van der Waals surface area contributed by atoms with Crippen molar-refractivity contribution in [2.75, 3.05) is 6.61 Å². The van der Waals surface area contributed by atoms with Crippen molar-refractivity contribution >= 4 is 16.9 Å². The van der Waals surface area contributed by atoms with Gasteiger partial charge in [0, 0.05) is 12.1 Å². The van der Waals surface area contributed by atoms with Crippen LogP contribution in [0.5, 0.6) is 5.75 Å². The number of nitrogens with zero attached hydrogens (tertiary/aromatic N) is 2. The third kappa shape index (κ3) is 5.43. The minimum Gasteiger partial charge on any atom is -0.494 e. The Kier molecular flexibility index (Phi) is 7.08. The Morgan fingerprint density at radius 2 is 1.79 bits per heavy atom. The molecule has 1 N–H and O–H groups in total. The molecule has 0 bridgehead atoms. The normalized spacial score (nSPS) is 12.0. The third-order valence-electron chi connectivity index (χ3n) is 5.84. The van der Waals surface area contributed by atoms with Crippen LogP contribution in [-0.2, 0) is 6.54 Å². The zero-order valence-electron chi connectivity index (χ0n) is 19.5. The predicted octanol–water partition coefficient (Wildman–Crippen LogP) is 6.00. The van der Waals surface area contributed by atoms with Crippen LogP contribution in [0.2, 0.25) is 0 Å². The molecule has 0 radical (unpaired) electrons. The summed E-state index contributed by atoms with van der Waals surface area (Å²) < 4.78 is 8.13. The quantitative estimate of drug-likeness (QED) is 0.324. The maximum atomic E-state index is 12.9. The topological polar surface area (TPSA) is 56.1 Å². The summed E-state index contributed by atoms with van der Waals surface area (Å²) >= 11 is 0. The number of nitrogens with one attached hydrogen (secondary N) is 1. The van der Waals surface area contributed by atoms with E-state index in [4.69, 9.17) is 9.72 Å². The van der Waals surface area contributed by atoms with Crippen LogP contribution in [0.15, 0.2) is 72.8 Å². The van der Waals surface area contributed by atoms with Gasteiger partial charge in [-0.15, -0.1) is 0 Å². The maximum absolute atomic E-state index is 12.9. The van der Waals surface area contributed by atoms with Crippen molar-refractivity contribution in [3.05, 3.63) is 95.3 Å². The number of carbonyl (C=O) groups excluding carboxylic acids is 1. The Hall–Kier alpha value is -3.60. The van der Waals surface area contributed by atoms with Crippen LogP contribution >= 0.6 is 0 Å². The fraction of sp³-hybridized carbons (Fsp3) is 0.286. The van der Waals surface area contributed by atoms with Crippen LogP contribution < -0.4 is 10.1 Å². The lowest BCUT2D eigenvalue weighted by Crippen LogP contribution is -2.29. The smallest absolute Gasteiger partial charge is 0.252 e. The van der Waals surface area contributed by atoms with Gasteiger partial charge in [-0.05, 0) is 75.1 Å². The minimum absolute atomic E-state index is 0.0780. The Balaban J connectivity index is 1.44. The van der Waals surface area contributed by atoms with Gasteiger partial charge in [-0.25, -0.2) is 4.98 Å². The number of amides is 1. The molecule has 1 amide bonds. The number of benzene rings is 3. The number of unbranched alkanes of at least 4 members (excludes halogenated alkanes) is 1. The number of fused-ring (bicyclic) bond motifs is 1. The molecule has 1 unspecified atom stereocenters. The van der Waals surface area contributed by atoms with Gasteiger partial charge in [-0.3, -0.25) is 4.79 Å². The molecule has 3 aromatic carbocycles. The number of rotatable bonds is 9. The van der Waals surface area contributed by atoms with Gasteiger partial charge in [0.2, 0.25) is 0 Å². The molecule has 170 valence electrons. The Morgan fingerprint density at radius 3 is 2.61 bits per heavy atom. The molecule has 0 spiro atoms. The number of hydrogen-bond donors (Lipinski definition) is 1.